The molecule has 7 nitrogen and oxygen atoms in total. The van der Waals surface area contributed by atoms with Gasteiger partial charge in [-0.05, 0) is 12.8 Å². The van der Waals surface area contributed by atoms with Crippen molar-refractivity contribution >= 4 is 17.8 Å². The smallest absolute Gasteiger partial charge is 0.231 e. The van der Waals surface area contributed by atoms with Gasteiger partial charge < -0.3 is 21.1 Å². The third kappa shape index (κ3) is 3.70. The number of nitrogens with one attached hydrogen (secondary N) is 1. The molecule has 1 aromatic heterocycles. The van der Waals surface area contributed by atoms with E-state index in [4.69, 9.17) is 10.8 Å². The summed E-state index contributed by atoms with van der Waals surface area (Å²) in [6.45, 7) is 4.00. The molecule has 0 aliphatic carbocycles. The quantitative estimate of drug-likeness (QED) is 0.663. The third-order valence-corrected chi connectivity index (χ3v) is 2.54. The van der Waals surface area contributed by atoms with Crippen LogP contribution in [0.4, 0.5) is 17.8 Å². The van der Waals surface area contributed by atoms with Crippen LogP contribution in [0.5, 0.6) is 0 Å². The van der Waals surface area contributed by atoms with Gasteiger partial charge in [-0.25, -0.2) is 0 Å². The maximum Gasteiger partial charge on any atom is 0.231 e. The second-order valence-corrected chi connectivity index (χ2v) is 4.30. The minimum atomic E-state index is 0.0526. The average Bonchev–Trinajstić information content (AvgIpc) is 2.26. The summed E-state index contributed by atoms with van der Waals surface area (Å²) in [7, 11) is 3.66. The van der Waals surface area contributed by atoms with Gasteiger partial charge in [0, 0.05) is 26.7 Å². The molecule has 2 atom stereocenters. The highest BCUT2D eigenvalue weighted by Crippen LogP contribution is 2.12. The maximum absolute atomic E-state index is 9.05. The van der Waals surface area contributed by atoms with E-state index in [2.05, 4.69) is 20.3 Å². The number of hydrogen-bond acceptors (Lipinski definition) is 7. The van der Waals surface area contributed by atoms with E-state index in [1.807, 2.05) is 27.9 Å². The summed E-state index contributed by atoms with van der Waals surface area (Å²) in [4.78, 5) is 14.0. The highest BCUT2D eigenvalue weighted by molar-refractivity contribution is 5.41. The minimum absolute atomic E-state index is 0.0526. The first-order valence-electron chi connectivity index (χ1n) is 5.50. The summed E-state index contributed by atoms with van der Waals surface area (Å²) < 4.78 is 0. The normalized spacial score (nSPS) is 14.2. The van der Waals surface area contributed by atoms with Gasteiger partial charge in [-0.3, -0.25) is 0 Å². The predicted octanol–water partition coefficient (Wildman–Crippen LogP) is -0.0514. The largest absolute Gasteiger partial charge is 0.396 e. The molecule has 0 saturated carbocycles. The number of aliphatic hydroxyl groups excluding tert-OH is 1. The van der Waals surface area contributed by atoms with Crippen molar-refractivity contribution < 1.29 is 5.11 Å². The van der Waals surface area contributed by atoms with Crippen LogP contribution in [-0.2, 0) is 0 Å². The van der Waals surface area contributed by atoms with Crippen molar-refractivity contribution in [2.45, 2.75) is 19.9 Å². The molecule has 17 heavy (non-hydrogen) atoms. The van der Waals surface area contributed by atoms with Crippen LogP contribution in [0.1, 0.15) is 13.8 Å². The van der Waals surface area contributed by atoms with Gasteiger partial charge in [-0.15, -0.1) is 0 Å². The molecule has 1 rings (SSSR count). The van der Waals surface area contributed by atoms with Crippen LogP contribution in [0.2, 0.25) is 0 Å². The van der Waals surface area contributed by atoms with Gasteiger partial charge in [0.05, 0.1) is 0 Å². The molecule has 1 aromatic rings. The number of nitrogen functional groups attached to an aromatic ring is 1. The number of nitrogens with two attached hydrogens (primary N) is 1. The zero-order valence-corrected chi connectivity index (χ0v) is 10.7. The van der Waals surface area contributed by atoms with Crippen molar-refractivity contribution in [3.05, 3.63) is 0 Å². The van der Waals surface area contributed by atoms with Crippen molar-refractivity contribution in [2.75, 3.05) is 36.7 Å². The van der Waals surface area contributed by atoms with Gasteiger partial charge in [-0.2, -0.15) is 15.0 Å². The molecule has 0 saturated heterocycles. The molecule has 7 heteroatoms. The van der Waals surface area contributed by atoms with E-state index in [0.29, 0.717) is 11.9 Å². The fourth-order valence-electron chi connectivity index (χ4n) is 1.15. The van der Waals surface area contributed by atoms with E-state index < -0.39 is 0 Å². The first-order valence-corrected chi connectivity index (χ1v) is 5.50. The average molecular weight is 240 g/mol. The molecule has 0 spiro atoms. The van der Waals surface area contributed by atoms with Gasteiger partial charge in [0.2, 0.25) is 17.8 Å². The number of rotatable bonds is 5. The summed E-state index contributed by atoms with van der Waals surface area (Å²) in [5.41, 5.74) is 5.60. The molecule has 0 bridgehead atoms. The third-order valence-electron chi connectivity index (χ3n) is 2.54. The Hall–Kier alpha value is -1.63. The Morgan fingerprint density at radius 2 is 1.94 bits per heavy atom. The first kappa shape index (κ1) is 13.4. The van der Waals surface area contributed by atoms with Crippen LogP contribution < -0.4 is 16.0 Å². The van der Waals surface area contributed by atoms with Gasteiger partial charge in [0.15, 0.2) is 0 Å². The lowest BCUT2D eigenvalue weighted by molar-refractivity contribution is 0.226. The Bertz CT molecular complexity index is 370. The molecule has 2 unspecified atom stereocenters. The summed E-state index contributed by atoms with van der Waals surface area (Å²) in [6, 6.07) is 0.0526. The zero-order valence-electron chi connectivity index (χ0n) is 10.7. The highest BCUT2D eigenvalue weighted by atomic mass is 16.3. The van der Waals surface area contributed by atoms with E-state index in [1.165, 1.54) is 0 Å². The predicted molar refractivity (Wildman–Crippen MR) is 67.9 cm³/mol. The van der Waals surface area contributed by atoms with Crippen molar-refractivity contribution in [2.24, 2.45) is 5.92 Å². The van der Waals surface area contributed by atoms with Gasteiger partial charge in [0.25, 0.3) is 0 Å². The zero-order chi connectivity index (χ0) is 13.0. The van der Waals surface area contributed by atoms with E-state index in [1.54, 1.807) is 4.90 Å². The number of hydrogen-bond donors (Lipinski definition) is 3. The summed E-state index contributed by atoms with van der Waals surface area (Å²) in [6.07, 6.45) is 0. The second kappa shape index (κ2) is 5.62. The van der Waals surface area contributed by atoms with E-state index in [0.717, 1.165) is 0 Å². The molecule has 96 valence electrons. The Kier molecular flexibility index (Phi) is 4.45. The molecule has 0 radical (unpaired) electrons. The van der Waals surface area contributed by atoms with Crippen LogP contribution >= 0.6 is 0 Å². The number of aromatic nitrogens is 3. The molecule has 0 fully saturated rings. The summed E-state index contributed by atoms with van der Waals surface area (Å²) >= 11 is 0. The molecule has 0 aliphatic heterocycles. The SMILES string of the molecule is CC(CO)C(C)Nc1nc(N)nc(N(C)C)n1. The fourth-order valence-corrected chi connectivity index (χ4v) is 1.15. The molecule has 0 amide bonds. The molecule has 0 aliphatic rings. The van der Waals surface area contributed by atoms with Crippen LogP contribution in [0.3, 0.4) is 0 Å². The molecule has 4 N–H and O–H groups in total. The van der Waals surface area contributed by atoms with Gasteiger partial charge >= 0.3 is 0 Å². The lowest BCUT2D eigenvalue weighted by Crippen LogP contribution is -2.28. The first-order chi connectivity index (χ1) is 7.93. The topological polar surface area (TPSA) is 100 Å². The highest BCUT2D eigenvalue weighted by Gasteiger charge is 2.13. The standard InChI is InChI=1S/C10H20N6O/c1-6(5-17)7(2)12-9-13-8(11)14-10(15-9)16(3)4/h6-7,17H,5H2,1-4H3,(H3,11,12,13,14,15). The lowest BCUT2D eigenvalue weighted by atomic mass is 10.1. The Morgan fingerprint density at radius 1 is 1.29 bits per heavy atom. The van der Waals surface area contributed by atoms with Gasteiger partial charge in [0.1, 0.15) is 0 Å². The fraction of sp³-hybridized carbons (Fsp3) is 0.700. The Morgan fingerprint density at radius 3 is 2.47 bits per heavy atom. The minimum Gasteiger partial charge on any atom is -0.396 e. The second-order valence-electron chi connectivity index (χ2n) is 4.30. The lowest BCUT2D eigenvalue weighted by Gasteiger charge is -2.20. The van der Waals surface area contributed by atoms with Crippen molar-refractivity contribution in [3.63, 3.8) is 0 Å². The Labute approximate surface area is 101 Å². The van der Waals surface area contributed by atoms with E-state index >= 15 is 0 Å². The monoisotopic (exact) mass is 240 g/mol. The van der Waals surface area contributed by atoms with Crippen LogP contribution in [-0.4, -0.2) is 46.8 Å². The molecular formula is C10H20N6O. The molecule has 0 aromatic carbocycles. The maximum atomic E-state index is 9.05. The van der Waals surface area contributed by atoms with Crippen molar-refractivity contribution in [3.8, 4) is 0 Å². The summed E-state index contributed by atoms with van der Waals surface area (Å²) in [5, 5.41) is 12.2. The van der Waals surface area contributed by atoms with Crippen LogP contribution in [0.25, 0.3) is 0 Å². The molecule has 1 heterocycles. The number of anilines is 3. The van der Waals surface area contributed by atoms with Crippen LogP contribution in [0.15, 0.2) is 0 Å². The molecular weight excluding hydrogens is 220 g/mol. The van der Waals surface area contributed by atoms with Crippen LogP contribution in [0, 0.1) is 5.92 Å². The summed E-state index contributed by atoms with van der Waals surface area (Å²) in [5.74, 6) is 1.21. The number of aliphatic hydroxyl groups is 1. The van der Waals surface area contributed by atoms with E-state index in [-0.39, 0.29) is 24.5 Å². The van der Waals surface area contributed by atoms with Crippen molar-refractivity contribution in [1.29, 1.82) is 0 Å². The van der Waals surface area contributed by atoms with Crippen molar-refractivity contribution in [1.82, 2.24) is 15.0 Å². The number of nitrogens with zero attached hydrogens (tertiary/aromatic N) is 4. The Balaban J connectivity index is 2.84. The van der Waals surface area contributed by atoms with Gasteiger partial charge in [-0.1, -0.05) is 6.92 Å². The van der Waals surface area contributed by atoms with E-state index in [9.17, 15) is 0 Å².